The quantitative estimate of drug-likeness (QED) is 0.881. The first-order valence-electron chi connectivity index (χ1n) is 7.41. The van der Waals surface area contributed by atoms with Gasteiger partial charge < -0.3 is 10.6 Å². The number of halogens is 2. The number of anilines is 1. The molecular weight excluding hydrogens is 337 g/mol. The smallest absolute Gasteiger partial charge is 0.243 e. The van der Waals surface area contributed by atoms with Crippen molar-refractivity contribution in [1.29, 1.82) is 0 Å². The Labute approximate surface area is 144 Å². The Hall–Kier alpha value is -1.50. The molecular formula is C16H19ClFN3OS. The largest absolute Gasteiger partial charge is 0.306 e. The molecule has 0 spiro atoms. The van der Waals surface area contributed by atoms with Crippen molar-refractivity contribution in [2.75, 3.05) is 11.9 Å². The third-order valence-electron chi connectivity index (χ3n) is 3.77. The van der Waals surface area contributed by atoms with E-state index >= 15 is 0 Å². The zero-order chi connectivity index (χ0) is 15.5. The Bertz CT molecular complexity index is 668. The molecule has 1 fully saturated rings. The van der Waals surface area contributed by atoms with Crippen LogP contribution in [-0.4, -0.2) is 23.5 Å². The lowest BCUT2D eigenvalue weighted by Gasteiger charge is -2.21. The number of thiazole rings is 1. The summed E-state index contributed by atoms with van der Waals surface area (Å²) in [5, 5.41) is 6.70. The summed E-state index contributed by atoms with van der Waals surface area (Å²) in [4.78, 5) is 17.7. The fourth-order valence-electron chi connectivity index (χ4n) is 2.59. The molecule has 7 heteroatoms. The van der Waals surface area contributed by atoms with E-state index in [1.165, 1.54) is 23.5 Å². The first-order valence-corrected chi connectivity index (χ1v) is 8.23. The van der Waals surface area contributed by atoms with E-state index in [1.54, 1.807) is 12.1 Å². The van der Waals surface area contributed by atoms with Crippen LogP contribution in [0.5, 0.6) is 0 Å². The van der Waals surface area contributed by atoms with E-state index in [4.69, 9.17) is 0 Å². The SMILES string of the molecule is Cc1sc(NC(=O)C2CCCCN2)nc1-c1ccc(F)cc1.Cl. The van der Waals surface area contributed by atoms with Crippen molar-refractivity contribution < 1.29 is 9.18 Å². The van der Waals surface area contributed by atoms with Crippen molar-refractivity contribution in [2.45, 2.75) is 32.2 Å². The second kappa shape index (κ2) is 7.86. The van der Waals surface area contributed by atoms with Gasteiger partial charge in [0.2, 0.25) is 5.91 Å². The van der Waals surface area contributed by atoms with Crippen molar-refractivity contribution >= 4 is 34.8 Å². The van der Waals surface area contributed by atoms with Crippen molar-refractivity contribution in [2.24, 2.45) is 0 Å². The van der Waals surface area contributed by atoms with E-state index in [1.807, 2.05) is 6.92 Å². The van der Waals surface area contributed by atoms with Crippen LogP contribution in [0.2, 0.25) is 0 Å². The maximum atomic E-state index is 13.0. The van der Waals surface area contributed by atoms with E-state index in [9.17, 15) is 9.18 Å². The number of carbonyl (C=O) groups excluding carboxylic acids is 1. The minimum absolute atomic E-state index is 0. The molecule has 1 aromatic heterocycles. The Morgan fingerprint density at radius 1 is 1.35 bits per heavy atom. The van der Waals surface area contributed by atoms with E-state index in [0.717, 1.165) is 41.9 Å². The number of aryl methyl sites for hydroxylation is 1. The average Bonchev–Trinajstić information content (AvgIpc) is 2.89. The topological polar surface area (TPSA) is 54.0 Å². The zero-order valence-electron chi connectivity index (χ0n) is 12.8. The van der Waals surface area contributed by atoms with Crippen molar-refractivity contribution in [1.82, 2.24) is 10.3 Å². The van der Waals surface area contributed by atoms with Gasteiger partial charge >= 0.3 is 0 Å². The maximum absolute atomic E-state index is 13.0. The summed E-state index contributed by atoms with van der Waals surface area (Å²) in [5.41, 5.74) is 1.64. The first kappa shape index (κ1) is 17.8. The van der Waals surface area contributed by atoms with Crippen LogP contribution in [0.1, 0.15) is 24.1 Å². The molecule has 2 aromatic rings. The number of benzene rings is 1. The normalized spacial score (nSPS) is 17.4. The summed E-state index contributed by atoms with van der Waals surface area (Å²) in [6.07, 6.45) is 3.05. The predicted molar refractivity (Wildman–Crippen MR) is 93.8 cm³/mol. The van der Waals surface area contributed by atoms with Gasteiger partial charge in [-0.3, -0.25) is 4.79 Å². The molecule has 0 radical (unpaired) electrons. The zero-order valence-corrected chi connectivity index (χ0v) is 14.4. The van der Waals surface area contributed by atoms with Crippen LogP contribution in [-0.2, 0) is 4.79 Å². The molecule has 0 saturated carbocycles. The second-order valence-electron chi connectivity index (χ2n) is 5.42. The van der Waals surface area contributed by atoms with Crippen molar-refractivity contribution in [3.63, 3.8) is 0 Å². The highest BCUT2D eigenvalue weighted by Crippen LogP contribution is 2.30. The number of amides is 1. The first-order chi connectivity index (χ1) is 10.6. The molecule has 1 amide bonds. The van der Waals surface area contributed by atoms with Crippen molar-refractivity contribution in [3.05, 3.63) is 35.0 Å². The fourth-order valence-corrected chi connectivity index (χ4v) is 3.43. The molecule has 1 aliphatic rings. The number of hydrogen-bond acceptors (Lipinski definition) is 4. The molecule has 2 N–H and O–H groups in total. The Balaban J connectivity index is 0.00000192. The summed E-state index contributed by atoms with van der Waals surface area (Å²) in [5.74, 6) is -0.298. The number of nitrogens with zero attached hydrogens (tertiary/aromatic N) is 1. The fraction of sp³-hybridized carbons (Fsp3) is 0.375. The van der Waals surface area contributed by atoms with E-state index in [2.05, 4.69) is 15.6 Å². The van der Waals surface area contributed by atoms with E-state index in [0.29, 0.717) is 5.13 Å². The number of carbonyl (C=O) groups is 1. The molecule has 1 aliphatic heterocycles. The minimum Gasteiger partial charge on any atom is -0.306 e. The van der Waals surface area contributed by atoms with Gasteiger partial charge in [0.15, 0.2) is 5.13 Å². The third kappa shape index (κ3) is 4.28. The third-order valence-corrected chi connectivity index (χ3v) is 4.66. The number of rotatable bonds is 3. The van der Waals surface area contributed by atoms with Gasteiger partial charge in [-0.1, -0.05) is 6.42 Å². The Morgan fingerprint density at radius 3 is 2.74 bits per heavy atom. The van der Waals surface area contributed by atoms with Crippen LogP contribution >= 0.6 is 23.7 Å². The summed E-state index contributed by atoms with van der Waals surface area (Å²) in [7, 11) is 0. The van der Waals surface area contributed by atoms with Crippen LogP contribution in [0.15, 0.2) is 24.3 Å². The molecule has 1 saturated heterocycles. The number of nitrogens with one attached hydrogen (secondary N) is 2. The van der Waals surface area contributed by atoms with Gasteiger partial charge in [0.1, 0.15) is 5.82 Å². The van der Waals surface area contributed by atoms with Crippen molar-refractivity contribution in [3.8, 4) is 11.3 Å². The number of piperidine rings is 1. The summed E-state index contributed by atoms with van der Waals surface area (Å²) < 4.78 is 13.0. The number of aromatic nitrogens is 1. The van der Waals surface area contributed by atoms with Gasteiger partial charge in [-0.15, -0.1) is 23.7 Å². The lowest BCUT2D eigenvalue weighted by molar-refractivity contribution is -0.118. The van der Waals surface area contributed by atoms with Crippen LogP contribution in [0.4, 0.5) is 9.52 Å². The molecule has 1 aromatic carbocycles. The Morgan fingerprint density at radius 2 is 2.09 bits per heavy atom. The predicted octanol–water partition coefficient (Wildman–Crippen LogP) is 3.76. The molecule has 4 nitrogen and oxygen atoms in total. The lowest BCUT2D eigenvalue weighted by atomic mass is 10.0. The maximum Gasteiger partial charge on any atom is 0.243 e. The highest BCUT2D eigenvalue weighted by molar-refractivity contribution is 7.16. The molecule has 1 atom stereocenters. The highest BCUT2D eigenvalue weighted by Gasteiger charge is 2.22. The van der Waals surface area contributed by atoms with Gasteiger partial charge in [0, 0.05) is 10.4 Å². The standard InChI is InChI=1S/C16H18FN3OS.ClH/c1-10-14(11-5-7-12(17)8-6-11)19-16(22-10)20-15(21)13-4-2-3-9-18-13;/h5-8,13,18H,2-4,9H2,1H3,(H,19,20,21);1H. The summed E-state index contributed by atoms with van der Waals surface area (Å²) in [6.45, 7) is 2.83. The molecule has 23 heavy (non-hydrogen) atoms. The van der Waals surface area contributed by atoms with Gasteiger partial charge in [-0.05, 0) is 50.6 Å². The van der Waals surface area contributed by atoms with E-state index < -0.39 is 0 Å². The second-order valence-corrected chi connectivity index (χ2v) is 6.63. The van der Waals surface area contributed by atoms with Gasteiger partial charge in [-0.2, -0.15) is 0 Å². The summed E-state index contributed by atoms with van der Waals surface area (Å²) in [6, 6.07) is 6.10. The van der Waals surface area contributed by atoms with Crippen LogP contribution < -0.4 is 10.6 Å². The number of hydrogen-bond donors (Lipinski definition) is 2. The highest BCUT2D eigenvalue weighted by atomic mass is 35.5. The Kier molecular flexibility index (Phi) is 6.10. The molecule has 0 bridgehead atoms. The van der Waals surface area contributed by atoms with Gasteiger partial charge in [-0.25, -0.2) is 9.37 Å². The molecule has 1 unspecified atom stereocenters. The van der Waals surface area contributed by atoms with Crippen LogP contribution in [0.3, 0.4) is 0 Å². The molecule has 2 heterocycles. The average molecular weight is 356 g/mol. The lowest BCUT2D eigenvalue weighted by Crippen LogP contribution is -2.43. The van der Waals surface area contributed by atoms with Gasteiger partial charge in [0.05, 0.1) is 11.7 Å². The molecule has 124 valence electrons. The summed E-state index contributed by atoms with van der Waals surface area (Å²) >= 11 is 1.44. The monoisotopic (exact) mass is 355 g/mol. The molecule has 3 rings (SSSR count). The molecule has 0 aliphatic carbocycles. The van der Waals surface area contributed by atoms with Gasteiger partial charge in [0.25, 0.3) is 0 Å². The van der Waals surface area contributed by atoms with E-state index in [-0.39, 0.29) is 30.2 Å². The van der Waals surface area contributed by atoms with Crippen LogP contribution in [0, 0.1) is 12.7 Å². The minimum atomic E-state index is -0.270. The van der Waals surface area contributed by atoms with Crippen LogP contribution in [0.25, 0.3) is 11.3 Å².